The van der Waals surface area contributed by atoms with Gasteiger partial charge in [0, 0.05) is 52.5 Å². The maximum atomic E-state index is 9.60. The molecule has 0 saturated heterocycles. The Morgan fingerprint density at radius 1 is 0.404 bits per heavy atom. The van der Waals surface area contributed by atoms with Crippen LogP contribution in [0.5, 0.6) is 0 Å². The third-order valence-corrected chi connectivity index (χ3v) is 10.1. The molecular weight excluding hydrogens is 671 g/mol. The maximum absolute atomic E-state index is 9.60. The minimum atomic E-state index is -0.858. The molecule has 0 fully saturated rings. The Hall–Kier alpha value is -6.27. The number of fused-ring (bicyclic) bond motifs is 4. The van der Waals surface area contributed by atoms with E-state index >= 15 is 0 Å². The number of nitrogens with zero attached hydrogens (tertiary/aromatic N) is 3. The van der Waals surface area contributed by atoms with E-state index in [1.165, 1.54) is 0 Å². The highest BCUT2D eigenvalue weighted by molar-refractivity contribution is 7.25. The van der Waals surface area contributed by atoms with Crippen LogP contribution in [0.25, 0.3) is 97.8 Å². The summed E-state index contributed by atoms with van der Waals surface area (Å²) < 4.78 is 177. The van der Waals surface area contributed by atoms with Crippen molar-refractivity contribution in [1.82, 2.24) is 15.0 Å². The number of benzene rings is 7. The molecule has 0 aliphatic heterocycles. The first kappa shape index (κ1) is 16.4. The van der Waals surface area contributed by atoms with Crippen LogP contribution < -0.4 is 0 Å². The van der Waals surface area contributed by atoms with Gasteiger partial charge in [-0.2, -0.15) is 0 Å². The van der Waals surface area contributed by atoms with E-state index in [1.807, 2.05) is 35.7 Å². The number of rotatable bonds is 6. The van der Waals surface area contributed by atoms with Crippen molar-refractivity contribution >= 4 is 52.9 Å². The van der Waals surface area contributed by atoms with Gasteiger partial charge in [-0.15, -0.1) is 22.7 Å². The summed E-state index contributed by atoms with van der Waals surface area (Å²) in [6.45, 7) is 0. The molecular formula is C47H29N3S2. The summed E-state index contributed by atoms with van der Waals surface area (Å²) in [4.78, 5) is 13.8. The summed E-state index contributed by atoms with van der Waals surface area (Å²) in [6, 6.07) is 0.628. The SMILES string of the molecule is [2H]c1c([2H])c([2H])c(-c2nc(-c3cccc(-c4csc5ccccc45)c3)nc(-c3c([2H])c([2H])c4c(sc5c([2H])c([2H])c(-c6c([2H])c([2H])c(-c7c([2H])c([2H])c([2H])c([2H])c7[2H])c([2H])c6[2H])c([2H])c54)c3[2H])n2)c([2H])c1[2H]. The molecule has 0 radical (unpaired) electrons. The second-order valence-electron chi connectivity index (χ2n) is 11.3. The second kappa shape index (κ2) is 12.8. The Labute approximate surface area is 337 Å². The van der Waals surface area contributed by atoms with Crippen LogP contribution in [0.4, 0.5) is 0 Å². The smallest absolute Gasteiger partial charge is 0.164 e. The average molecular weight is 720 g/mol. The largest absolute Gasteiger partial charge is 0.208 e. The van der Waals surface area contributed by atoms with Crippen molar-refractivity contribution in [3.05, 3.63) is 175 Å². The molecule has 0 amide bonds. The number of hydrogen-bond donors (Lipinski definition) is 0. The van der Waals surface area contributed by atoms with Crippen LogP contribution in [-0.4, -0.2) is 15.0 Å². The predicted octanol–water partition coefficient (Wildman–Crippen LogP) is 13.5. The molecule has 3 aromatic heterocycles. The highest BCUT2D eigenvalue weighted by Crippen LogP contribution is 2.39. The van der Waals surface area contributed by atoms with E-state index in [2.05, 4.69) is 9.97 Å². The number of aromatic nitrogens is 3. The van der Waals surface area contributed by atoms with Gasteiger partial charge in [-0.1, -0.05) is 139 Å². The molecule has 52 heavy (non-hydrogen) atoms. The molecule has 0 atom stereocenters. The maximum Gasteiger partial charge on any atom is 0.164 e. The zero-order valence-corrected chi connectivity index (χ0v) is 28.0. The van der Waals surface area contributed by atoms with Gasteiger partial charge in [0.25, 0.3) is 0 Å². The molecule has 0 spiro atoms. The highest BCUT2D eigenvalue weighted by Gasteiger charge is 2.16. The van der Waals surface area contributed by atoms with Crippen molar-refractivity contribution in [2.75, 3.05) is 0 Å². The van der Waals surface area contributed by atoms with Crippen LogP contribution in [0.1, 0.15) is 27.4 Å². The molecule has 0 N–H and O–H groups in total. The van der Waals surface area contributed by atoms with Gasteiger partial charge in [0.2, 0.25) is 0 Å². The van der Waals surface area contributed by atoms with Gasteiger partial charge in [-0.3, -0.25) is 0 Å². The fraction of sp³-hybridized carbons (Fsp3) is 0. The summed E-state index contributed by atoms with van der Waals surface area (Å²) in [6.07, 6.45) is 0. The van der Waals surface area contributed by atoms with Gasteiger partial charge in [0.05, 0.1) is 27.4 Å². The fourth-order valence-electron chi connectivity index (χ4n) is 5.68. The summed E-state index contributed by atoms with van der Waals surface area (Å²) in [5.41, 5.74) is -1.13. The van der Waals surface area contributed by atoms with E-state index < -0.39 is 160 Å². The normalized spacial score (nSPS) is 16.8. The van der Waals surface area contributed by atoms with Crippen molar-refractivity contribution in [1.29, 1.82) is 0 Å². The van der Waals surface area contributed by atoms with Crippen LogP contribution in [0.3, 0.4) is 0 Å². The minimum absolute atomic E-state index is 0.0757. The Kier molecular flexibility index (Phi) is 4.03. The van der Waals surface area contributed by atoms with Crippen molar-refractivity contribution in [3.63, 3.8) is 0 Å². The average Bonchev–Trinajstić information content (AvgIpc) is 4.00. The molecule has 0 unspecified atom stereocenters. The van der Waals surface area contributed by atoms with Gasteiger partial charge >= 0.3 is 0 Å². The molecule has 10 rings (SSSR count). The Morgan fingerprint density at radius 3 is 1.81 bits per heavy atom. The van der Waals surface area contributed by atoms with Gasteiger partial charge in [0.15, 0.2) is 17.5 Å². The third kappa shape index (κ3) is 5.57. The summed E-state index contributed by atoms with van der Waals surface area (Å²) in [5.74, 6) is -0.867. The lowest BCUT2D eigenvalue weighted by molar-refractivity contribution is 1.07. The Morgan fingerprint density at radius 2 is 1.02 bits per heavy atom. The first-order valence-corrected chi connectivity index (χ1v) is 17.3. The van der Waals surface area contributed by atoms with E-state index in [-0.39, 0.29) is 31.6 Å². The lowest BCUT2D eigenvalue weighted by Crippen LogP contribution is -2.00. The van der Waals surface area contributed by atoms with E-state index in [0.717, 1.165) is 32.5 Å². The summed E-state index contributed by atoms with van der Waals surface area (Å²) in [7, 11) is 0. The number of thiophene rings is 2. The molecule has 3 nitrogen and oxygen atoms in total. The zero-order chi connectivity index (χ0) is 51.8. The standard InChI is InChI=1S/C47H29N3S2/c1-3-10-30(11-4-1)31-18-20-32(21-19-31)34-23-25-43-40(27-34)39-24-22-37(28-44(39)52-43)47-49-45(33-12-5-2-6-13-33)48-46(50-47)36-15-9-14-35(26-36)41-29-51-42-17-8-7-16-38(41)42/h1-29H/i1D,2D,3D,4D,5D,6D,10D,11D,12D,13D,18D,19D,20D,21D,22D,23D,24D,25D,27D,28D. The molecule has 5 heteroatoms. The van der Waals surface area contributed by atoms with Crippen molar-refractivity contribution in [3.8, 4) is 67.5 Å². The number of hydrogen-bond acceptors (Lipinski definition) is 5. The highest BCUT2D eigenvalue weighted by atomic mass is 32.1. The molecule has 7 aromatic carbocycles. The Balaban J connectivity index is 1.21. The lowest BCUT2D eigenvalue weighted by Gasteiger charge is -2.10. The summed E-state index contributed by atoms with van der Waals surface area (Å²) in [5, 5.41) is 2.56. The van der Waals surface area contributed by atoms with Crippen LogP contribution in [-0.2, 0) is 0 Å². The predicted molar refractivity (Wildman–Crippen MR) is 221 cm³/mol. The fourth-order valence-corrected chi connectivity index (χ4v) is 7.62. The van der Waals surface area contributed by atoms with Crippen LogP contribution in [0, 0.1) is 0 Å². The molecule has 0 aliphatic carbocycles. The summed E-state index contributed by atoms with van der Waals surface area (Å²) >= 11 is 2.28. The van der Waals surface area contributed by atoms with Gasteiger partial charge in [-0.25, -0.2) is 15.0 Å². The topological polar surface area (TPSA) is 38.7 Å². The van der Waals surface area contributed by atoms with Gasteiger partial charge in [0.1, 0.15) is 0 Å². The van der Waals surface area contributed by atoms with E-state index in [0.29, 0.717) is 5.56 Å². The van der Waals surface area contributed by atoms with E-state index in [4.69, 9.17) is 26.9 Å². The quantitative estimate of drug-likeness (QED) is 0.172. The first-order chi connectivity index (χ1) is 34.1. The van der Waals surface area contributed by atoms with Crippen molar-refractivity contribution < 1.29 is 27.4 Å². The molecule has 10 aromatic rings. The van der Waals surface area contributed by atoms with Crippen molar-refractivity contribution in [2.24, 2.45) is 0 Å². The first-order valence-electron chi connectivity index (χ1n) is 25.6. The molecule has 3 heterocycles. The van der Waals surface area contributed by atoms with Gasteiger partial charge in [-0.05, 0) is 63.5 Å². The van der Waals surface area contributed by atoms with Crippen LogP contribution >= 0.6 is 22.7 Å². The van der Waals surface area contributed by atoms with Crippen LogP contribution in [0.15, 0.2) is 175 Å². The van der Waals surface area contributed by atoms with Crippen LogP contribution in [0.2, 0.25) is 0 Å². The van der Waals surface area contributed by atoms with Gasteiger partial charge < -0.3 is 0 Å². The lowest BCUT2D eigenvalue weighted by atomic mass is 9.99. The molecule has 244 valence electrons. The Bertz CT molecular complexity index is 3990. The third-order valence-electron chi connectivity index (χ3n) is 8.13. The zero-order valence-electron chi connectivity index (χ0n) is 46.4. The van der Waals surface area contributed by atoms with Crippen molar-refractivity contribution in [2.45, 2.75) is 0 Å². The van der Waals surface area contributed by atoms with E-state index in [1.54, 1.807) is 29.5 Å². The molecule has 0 aliphatic rings. The van der Waals surface area contributed by atoms with E-state index in [9.17, 15) is 5.48 Å². The second-order valence-corrected chi connectivity index (χ2v) is 13.2. The molecule has 0 bridgehead atoms. The monoisotopic (exact) mass is 719 g/mol. The minimum Gasteiger partial charge on any atom is -0.208 e. The molecule has 0 saturated carbocycles.